The molecule has 1 N–H and O–H groups in total. The average molecular weight is 391 g/mol. The van der Waals surface area contributed by atoms with E-state index in [0.29, 0.717) is 18.5 Å². The summed E-state index contributed by atoms with van der Waals surface area (Å²) in [4.78, 5) is 11.6. The molecule has 0 aliphatic heterocycles. The van der Waals surface area contributed by atoms with Crippen LogP contribution < -0.4 is 5.32 Å². The predicted molar refractivity (Wildman–Crippen MR) is 106 cm³/mol. The Morgan fingerprint density at radius 1 is 1.12 bits per heavy atom. The SMILES string of the molecule is C=C(C)C(=O)NCCC[N+](CCCC)(CCCC)C(C)CCS(=O)(=O)[O-]. The van der Waals surface area contributed by atoms with Gasteiger partial charge < -0.3 is 14.4 Å². The van der Waals surface area contributed by atoms with Gasteiger partial charge in [0.25, 0.3) is 0 Å². The highest BCUT2D eigenvalue weighted by molar-refractivity contribution is 7.85. The number of rotatable bonds is 15. The van der Waals surface area contributed by atoms with E-state index in [1.54, 1.807) is 6.92 Å². The van der Waals surface area contributed by atoms with Crippen molar-refractivity contribution in [2.45, 2.75) is 72.3 Å². The molecule has 0 aliphatic carbocycles. The Morgan fingerprint density at radius 3 is 2.04 bits per heavy atom. The van der Waals surface area contributed by atoms with Crippen LogP contribution in [0.2, 0.25) is 0 Å². The second-order valence-corrected chi connectivity index (χ2v) is 8.91. The molecule has 0 rings (SSSR count). The fraction of sp³-hybridized carbons (Fsp3) is 0.842. The summed E-state index contributed by atoms with van der Waals surface area (Å²) in [6.45, 7) is 15.1. The van der Waals surface area contributed by atoms with Crippen molar-refractivity contribution in [1.29, 1.82) is 0 Å². The number of quaternary nitrogens is 1. The highest BCUT2D eigenvalue weighted by Crippen LogP contribution is 2.22. The lowest BCUT2D eigenvalue weighted by atomic mass is 10.1. The van der Waals surface area contributed by atoms with Crippen molar-refractivity contribution in [1.82, 2.24) is 5.32 Å². The van der Waals surface area contributed by atoms with Crippen molar-refractivity contribution in [3.63, 3.8) is 0 Å². The molecule has 0 aromatic carbocycles. The van der Waals surface area contributed by atoms with Crippen LogP contribution in [0.3, 0.4) is 0 Å². The molecule has 0 fully saturated rings. The summed E-state index contributed by atoms with van der Waals surface area (Å²) in [5.41, 5.74) is 0.497. The Bertz CT molecular complexity index is 524. The van der Waals surface area contributed by atoms with Gasteiger partial charge in [-0.2, -0.15) is 0 Å². The van der Waals surface area contributed by atoms with Crippen molar-refractivity contribution in [2.75, 3.05) is 31.9 Å². The molecule has 154 valence electrons. The minimum atomic E-state index is -4.19. The van der Waals surface area contributed by atoms with Gasteiger partial charge in [-0.25, -0.2) is 8.42 Å². The molecule has 0 aliphatic rings. The third-order valence-corrected chi connectivity index (χ3v) is 5.82. The quantitative estimate of drug-likeness (QED) is 0.202. The van der Waals surface area contributed by atoms with E-state index in [2.05, 4.69) is 32.7 Å². The fourth-order valence-electron chi connectivity index (χ4n) is 3.28. The Balaban J connectivity index is 5.06. The third kappa shape index (κ3) is 10.3. The van der Waals surface area contributed by atoms with Crippen LogP contribution in [0.1, 0.15) is 66.2 Å². The number of carbonyl (C=O) groups is 1. The van der Waals surface area contributed by atoms with Gasteiger partial charge in [-0.3, -0.25) is 4.79 Å². The van der Waals surface area contributed by atoms with E-state index in [1.807, 2.05) is 0 Å². The molecule has 7 heteroatoms. The van der Waals surface area contributed by atoms with E-state index < -0.39 is 10.1 Å². The molecule has 0 bridgehead atoms. The maximum Gasteiger partial charge on any atom is 0.246 e. The minimum Gasteiger partial charge on any atom is -0.748 e. The van der Waals surface area contributed by atoms with E-state index >= 15 is 0 Å². The Morgan fingerprint density at radius 2 is 1.62 bits per heavy atom. The van der Waals surface area contributed by atoms with Crippen LogP contribution >= 0.6 is 0 Å². The Hall–Kier alpha value is -0.920. The van der Waals surface area contributed by atoms with Gasteiger partial charge >= 0.3 is 0 Å². The van der Waals surface area contributed by atoms with Crippen LogP contribution in [0.25, 0.3) is 0 Å². The van der Waals surface area contributed by atoms with Crippen LogP contribution in [-0.4, -0.2) is 61.3 Å². The summed E-state index contributed by atoms with van der Waals surface area (Å²) in [5, 5.41) is 2.87. The first-order chi connectivity index (χ1) is 12.1. The maximum atomic E-state index is 11.6. The molecule has 0 aromatic rings. The van der Waals surface area contributed by atoms with Gasteiger partial charge in [-0.15, -0.1) is 0 Å². The first-order valence-electron chi connectivity index (χ1n) is 9.81. The van der Waals surface area contributed by atoms with Gasteiger partial charge in [0.15, 0.2) is 0 Å². The molecule has 0 saturated carbocycles. The van der Waals surface area contributed by atoms with Crippen molar-refractivity contribution >= 4 is 16.0 Å². The highest BCUT2D eigenvalue weighted by atomic mass is 32.2. The molecule has 0 aromatic heterocycles. The molecule has 26 heavy (non-hydrogen) atoms. The number of hydrogen-bond donors (Lipinski definition) is 1. The van der Waals surface area contributed by atoms with Crippen LogP contribution in [-0.2, 0) is 14.9 Å². The molecule has 0 spiro atoms. The van der Waals surface area contributed by atoms with E-state index in [4.69, 9.17) is 0 Å². The Labute approximate surface area is 160 Å². The van der Waals surface area contributed by atoms with Gasteiger partial charge in [-0.1, -0.05) is 33.3 Å². The lowest BCUT2D eigenvalue weighted by Crippen LogP contribution is -2.56. The number of hydrogen-bond acceptors (Lipinski definition) is 4. The molecule has 6 nitrogen and oxygen atoms in total. The van der Waals surface area contributed by atoms with Crippen molar-refractivity contribution in [2.24, 2.45) is 0 Å². The summed E-state index contributed by atoms with van der Waals surface area (Å²) in [6.07, 6.45) is 5.49. The van der Waals surface area contributed by atoms with Crippen molar-refractivity contribution in [3.05, 3.63) is 12.2 Å². The summed E-state index contributed by atoms with van der Waals surface area (Å²) in [6, 6.07) is 0.105. The van der Waals surface area contributed by atoms with E-state index in [-0.39, 0.29) is 17.7 Å². The average Bonchev–Trinajstić information content (AvgIpc) is 2.57. The Kier molecular flexibility index (Phi) is 12.0. The molecule has 0 radical (unpaired) electrons. The topological polar surface area (TPSA) is 86.3 Å². The number of nitrogens with one attached hydrogen (secondary N) is 1. The molecule has 0 heterocycles. The van der Waals surface area contributed by atoms with E-state index in [1.165, 1.54) is 0 Å². The zero-order chi connectivity index (χ0) is 20.2. The van der Waals surface area contributed by atoms with Gasteiger partial charge in [0.1, 0.15) is 0 Å². The zero-order valence-electron chi connectivity index (χ0n) is 17.1. The van der Waals surface area contributed by atoms with E-state index in [9.17, 15) is 17.8 Å². The van der Waals surface area contributed by atoms with Crippen LogP contribution in [0.15, 0.2) is 12.2 Å². The van der Waals surface area contributed by atoms with Crippen LogP contribution in [0.4, 0.5) is 0 Å². The summed E-state index contributed by atoms with van der Waals surface area (Å²) in [5.74, 6) is -0.436. The standard InChI is InChI=1S/C19H38N2O4S/c1-6-8-13-21(14-9-7-2,18(5)11-16-26(23,24)25)15-10-12-20-19(22)17(3)4/h18H,3,6-16H2,1-2,4-5H3,(H-,20,22,23,24,25). The van der Waals surface area contributed by atoms with Crippen LogP contribution in [0.5, 0.6) is 0 Å². The lowest BCUT2D eigenvalue weighted by Gasteiger charge is -2.44. The normalized spacial score (nSPS) is 13.4. The van der Waals surface area contributed by atoms with Crippen LogP contribution in [0, 0.1) is 0 Å². The minimum absolute atomic E-state index is 0.105. The monoisotopic (exact) mass is 390 g/mol. The fourth-order valence-corrected chi connectivity index (χ4v) is 3.91. The summed E-state index contributed by atoms with van der Waals surface area (Å²) in [7, 11) is -4.19. The van der Waals surface area contributed by atoms with E-state index in [0.717, 1.165) is 56.2 Å². The first-order valence-corrected chi connectivity index (χ1v) is 11.4. The number of nitrogens with zero attached hydrogens (tertiary/aromatic N) is 1. The zero-order valence-corrected chi connectivity index (χ0v) is 17.9. The molecular weight excluding hydrogens is 352 g/mol. The van der Waals surface area contributed by atoms with Crippen molar-refractivity contribution in [3.8, 4) is 0 Å². The molecule has 0 saturated heterocycles. The summed E-state index contributed by atoms with van der Waals surface area (Å²) < 4.78 is 34.0. The summed E-state index contributed by atoms with van der Waals surface area (Å²) >= 11 is 0. The maximum absolute atomic E-state index is 11.6. The largest absolute Gasteiger partial charge is 0.748 e. The van der Waals surface area contributed by atoms with Gasteiger partial charge in [0.05, 0.1) is 35.8 Å². The molecular formula is C19H38N2O4S. The number of unbranched alkanes of at least 4 members (excludes halogenated alkanes) is 2. The van der Waals surface area contributed by atoms with Gasteiger partial charge in [0.2, 0.25) is 5.91 Å². The second-order valence-electron chi connectivity index (χ2n) is 7.39. The second kappa shape index (κ2) is 12.5. The highest BCUT2D eigenvalue weighted by Gasteiger charge is 2.32. The van der Waals surface area contributed by atoms with Gasteiger partial charge in [-0.05, 0) is 26.7 Å². The molecule has 1 atom stereocenters. The third-order valence-electron chi connectivity index (χ3n) is 5.09. The number of carbonyl (C=O) groups excluding carboxylic acids is 1. The molecule has 1 unspecified atom stereocenters. The number of amides is 1. The lowest BCUT2D eigenvalue weighted by molar-refractivity contribution is -0.950. The smallest absolute Gasteiger partial charge is 0.246 e. The van der Waals surface area contributed by atoms with Crippen molar-refractivity contribution < 1.29 is 22.2 Å². The molecule has 1 amide bonds. The predicted octanol–water partition coefficient (Wildman–Crippen LogP) is 2.81. The first kappa shape index (κ1) is 25.1. The van der Waals surface area contributed by atoms with Gasteiger partial charge in [0, 0.05) is 30.7 Å².